The highest BCUT2D eigenvalue weighted by molar-refractivity contribution is 7.20. The van der Waals surface area contributed by atoms with Crippen molar-refractivity contribution in [1.29, 1.82) is 0 Å². The number of thiazole rings is 1. The van der Waals surface area contributed by atoms with Crippen molar-refractivity contribution in [1.82, 2.24) is 14.8 Å². The maximum absolute atomic E-state index is 13.5. The Hall–Kier alpha value is -3.59. The van der Waals surface area contributed by atoms with Crippen LogP contribution in [-0.2, 0) is 6.42 Å². The first-order valence-corrected chi connectivity index (χ1v) is 11.4. The molecule has 0 saturated carbocycles. The van der Waals surface area contributed by atoms with Crippen molar-refractivity contribution in [2.45, 2.75) is 26.7 Å². The van der Waals surface area contributed by atoms with Gasteiger partial charge < -0.3 is 14.2 Å². The lowest BCUT2D eigenvalue weighted by atomic mass is 10.1. The molecule has 2 aromatic heterocycles. The number of fused-ring (bicyclic) bond motifs is 1. The van der Waals surface area contributed by atoms with Crippen LogP contribution in [0.25, 0.3) is 15.3 Å². The van der Waals surface area contributed by atoms with Crippen LogP contribution >= 0.6 is 11.3 Å². The molecule has 0 amide bonds. The number of ether oxygens (including phenoxy) is 3. The number of benzene rings is 2. The largest absolute Gasteiger partial charge is 0.493 e. The van der Waals surface area contributed by atoms with E-state index in [2.05, 4.69) is 17.0 Å². The highest BCUT2D eigenvalue weighted by atomic mass is 32.1. The zero-order chi connectivity index (χ0) is 23.5. The number of H-pyrrole nitrogens is 1. The standard InChI is InChI=1S/C24H26N4O4S/c1-6-9-17-21(14(2)25-15-12-18(30-3)22(32-5)19(13-15)31-4)23(29)28(27-17)24-26-16-10-7-8-11-20(16)33-24/h7-8,10-13,27H,6,9H2,1-5H3. The highest BCUT2D eigenvalue weighted by Gasteiger charge is 2.20. The molecule has 0 aliphatic rings. The molecule has 0 radical (unpaired) electrons. The molecular weight excluding hydrogens is 440 g/mol. The number of aryl methyl sites for hydroxylation is 1. The Kier molecular flexibility index (Phi) is 6.50. The number of aromatic amines is 1. The van der Waals surface area contributed by atoms with Crippen molar-refractivity contribution >= 4 is 33.0 Å². The molecule has 0 aliphatic carbocycles. The molecule has 4 rings (SSSR count). The fourth-order valence-electron chi connectivity index (χ4n) is 3.76. The van der Waals surface area contributed by atoms with Crippen LogP contribution in [0.4, 0.5) is 5.69 Å². The third-order valence-corrected chi connectivity index (χ3v) is 6.27. The van der Waals surface area contributed by atoms with Gasteiger partial charge in [-0.1, -0.05) is 36.8 Å². The summed E-state index contributed by atoms with van der Waals surface area (Å²) >= 11 is 1.47. The number of rotatable bonds is 8. The predicted octanol–water partition coefficient (Wildman–Crippen LogP) is 4.89. The average molecular weight is 467 g/mol. The van der Waals surface area contributed by atoms with Crippen LogP contribution in [0.1, 0.15) is 31.5 Å². The topological polar surface area (TPSA) is 90.7 Å². The number of para-hydroxylation sites is 1. The lowest BCUT2D eigenvalue weighted by Gasteiger charge is -2.13. The Bertz CT molecular complexity index is 1320. The lowest BCUT2D eigenvalue weighted by molar-refractivity contribution is 0.324. The first-order chi connectivity index (χ1) is 16.0. The molecule has 2 heterocycles. The first-order valence-electron chi connectivity index (χ1n) is 10.6. The second-order valence-electron chi connectivity index (χ2n) is 7.40. The van der Waals surface area contributed by atoms with Crippen LogP contribution in [0, 0.1) is 0 Å². The summed E-state index contributed by atoms with van der Waals surface area (Å²) in [7, 11) is 4.66. The highest BCUT2D eigenvalue weighted by Crippen LogP contribution is 2.41. The molecule has 33 heavy (non-hydrogen) atoms. The molecule has 0 spiro atoms. The molecule has 0 bridgehead atoms. The smallest absolute Gasteiger partial charge is 0.282 e. The zero-order valence-corrected chi connectivity index (χ0v) is 20.1. The van der Waals surface area contributed by atoms with Crippen molar-refractivity contribution < 1.29 is 14.2 Å². The van der Waals surface area contributed by atoms with Crippen LogP contribution < -0.4 is 19.8 Å². The molecule has 0 unspecified atom stereocenters. The molecule has 2 aromatic carbocycles. The van der Waals surface area contributed by atoms with Gasteiger partial charge in [0.15, 0.2) is 11.5 Å². The summed E-state index contributed by atoms with van der Waals surface area (Å²) in [6.45, 7) is 3.90. The Morgan fingerprint density at radius 3 is 2.42 bits per heavy atom. The van der Waals surface area contributed by atoms with Crippen molar-refractivity contribution in [3.05, 3.63) is 58.0 Å². The Balaban J connectivity index is 1.83. The predicted molar refractivity (Wildman–Crippen MR) is 132 cm³/mol. The number of nitrogens with one attached hydrogen (secondary N) is 1. The minimum Gasteiger partial charge on any atom is -0.493 e. The molecule has 1 N–H and O–H groups in total. The van der Waals surface area contributed by atoms with E-state index in [1.807, 2.05) is 31.2 Å². The fraction of sp³-hybridized carbons (Fsp3) is 0.292. The van der Waals surface area contributed by atoms with E-state index in [1.165, 1.54) is 16.0 Å². The van der Waals surface area contributed by atoms with Gasteiger partial charge in [0.05, 0.1) is 48.5 Å². The summed E-state index contributed by atoms with van der Waals surface area (Å²) in [5.41, 5.74) is 3.25. The SMILES string of the molecule is CCCc1[nH]n(-c2nc3ccccc3s2)c(=O)c1C(C)=Nc1cc(OC)c(OC)c(OC)c1. The quantitative estimate of drug-likeness (QED) is 0.373. The molecule has 0 aliphatic heterocycles. The lowest BCUT2D eigenvalue weighted by Crippen LogP contribution is -2.19. The van der Waals surface area contributed by atoms with Crippen LogP contribution in [0.15, 0.2) is 46.2 Å². The van der Waals surface area contributed by atoms with Gasteiger partial charge in [-0.25, -0.2) is 4.98 Å². The molecule has 0 saturated heterocycles. The summed E-state index contributed by atoms with van der Waals surface area (Å²) in [5, 5.41) is 3.86. The number of methoxy groups -OCH3 is 3. The maximum Gasteiger partial charge on any atom is 0.282 e. The molecule has 0 fully saturated rings. The third kappa shape index (κ3) is 4.23. The van der Waals surface area contributed by atoms with Gasteiger partial charge in [0.25, 0.3) is 5.56 Å². The van der Waals surface area contributed by atoms with E-state index in [4.69, 9.17) is 19.2 Å². The average Bonchev–Trinajstić information content (AvgIpc) is 3.39. The first kappa shape index (κ1) is 22.6. The summed E-state index contributed by atoms with van der Waals surface area (Å²) in [6.07, 6.45) is 1.59. The van der Waals surface area contributed by atoms with Crippen molar-refractivity contribution in [3.63, 3.8) is 0 Å². The summed E-state index contributed by atoms with van der Waals surface area (Å²) in [4.78, 5) is 22.8. The van der Waals surface area contributed by atoms with E-state index in [9.17, 15) is 4.79 Å². The van der Waals surface area contributed by atoms with E-state index >= 15 is 0 Å². The second kappa shape index (κ2) is 9.50. The van der Waals surface area contributed by atoms with E-state index in [0.29, 0.717) is 45.8 Å². The van der Waals surface area contributed by atoms with Crippen molar-refractivity contribution in [2.75, 3.05) is 21.3 Å². The summed E-state index contributed by atoms with van der Waals surface area (Å²) in [5.74, 6) is 1.49. The molecule has 8 nitrogen and oxygen atoms in total. The van der Waals surface area contributed by atoms with Gasteiger partial charge in [0.2, 0.25) is 10.9 Å². The number of hydrogen-bond acceptors (Lipinski definition) is 7. The van der Waals surface area contributed by atoms with Crippen LogP contribution in [0.3, 0.4) is 0 Å². The Morgan fingerprint density at radius 2 is 1.82 bits per heavy atom. The van der Waals surface area contributed by atoms with Gasteiger partial charge in [0, 0.05) is 17.8 Å². The molecule has 4 aromatic rings. The van der Waals surface area contributed by atoms with Crippen LogP contribution in [0.5, 0.6) is 17.2 Å². The van der Waals surface area contributed by atoms with Gasteiger partial charge in [0.1, 0.15) is 0 Å². The van der Waals surface area contributed by atoms with Gasteiger partial charge in [-0.3, -0.25) is 14.9 Å². The Labute approximate surface area is 195 Å². The number of aromatic nitrogens is 3. The van der Waals surface area contributed by atoms with Crippen molar-refractivity contribution in [2.24, 2.45) is 4.99 Å². The normalized spacial score (nSPS) is 11.7. The summed E-state index contributed by atoms with van der Waals surface area (Å²) < 4.78 is 18.8. The van der Waals surface area contributed by atoms with E-state index in [1.54, 1.807) is 33.5 Å². The number of hydrogen-bond donors (Lipinski definition) is 1. The second-order valence-corrected chi connectivity index (χ2v) is 8.41. The zero-order valence-electron chi connectivity index (χ0n) is 19.3. The molecular formula is C24H26N4O4S. The molecule has 9 heteroatoms. The van der Waals surface area contributed by atoms with Gasteiger partial charge in [-0.05, 0) is 25.5 Å². The van der Waals surface area contributed by atoms with E-state index < -0.39 is 0 Å². The fourth-order valence-corrected chi connectivity index (χ4v) is 4.68. The van der Waals surface area contributed by atoms with E-state index in [0.717, 1.165) is 22.3 Å². The third-order valence-electron chi connectivity index (χ3n) is 5.25. The van der Waals surface area contributed by atoms with Crippen LogP contribution in [0.2, 0.25) is 0 Å². The van der Waals surface area contributed by atoms with Gasteiger partial charge >= 0.3 is 0 Å². The monoisotopic (exact) mass is 466 g/mol. The molecule has 0 atom stereocenters. The summed E-state index contributed by atoms with van der Waals surface area (Å²) in [6, 6.07) is 11.3. The number of nitrogens with zero attached hydrogens (tertiary/aromatic N) is 3. The number of aliphatic imine (C=N–C) groups is 1. The minimum absolute atomic E-state index is 0.175. The van der Waals surface area contributed by atoms with Gasteiger partial charge in [-0.15, -0.1) is 0 Å². The Morgan fingerprint density at radius 1 is 1.12 bits per heavy atom. The minimum atomic E-state index is -0.175. The van der Waals surface area contributed by atoms with Crippen LogP contribution in [-0.4, -0.2) is 41.8 Å². The van der Waals surface area contributed by atoms with E-state index in [-0.39, 0.29) is 5.56 Å². The maximum atomic E-state index is 13.5. The van der Waals surface area contributed by atoms with Gasteiger partial charge in [-0.2, -0.15) is 4.68 Å². The molecule has 172 valence electrons. The van der Waals surface area contributed by atoms with Crippen molar-refractivity contribution in [3.8, 4) is 22.4 Å².